The van der Waals surface area contributed by atoms with Crippen molar-refractivity contribution < 1.29 is 27.4 Å². The van der Waals surface area contributed by atoms with Gasteiger partial charge in [-0.05, 0) is 64.9 Å². The first-order chi connectivity index (χ1) is 15.3. The van der Waals surface area contributed by atoms with Gasteiger partial charge in [-0.25, -0.2) is 0 Å². The minimum Gasteiger partial charge on any atom is -0.497 e. The number of carbonyl (C=O) groups is 1. The second-order valence-corrected chi connectivity index (χ2v) is 8.21. The number of hydrogen-bond donors (Lipinski definition) is 0. The maximum absolute atomic E-state index is 13.1. The number of fused-ring (bicyclic) bond motifs is 1. The molecule has 1 aliphatic rings. The highest BCUT2D eigenvalue weighted by atomic mass is 32.1. The molecule has 1 unspecified atom stereocenters. The fourth-order valence-electron chi connectivity index (χ4n) is 3.74. The van der Waals surface area contributed by atoms with Gasteiger partial charge in [0, 0.05) is 17.5 Å². The lowest BCUT2D eigenvalue weighted by Gasteiger charge is -2.35. The van der Waals surface area contributed by atoms with Gasteiger partial charge in [0.1, 0.15) is 11.5 Å². The van der Waals surface area contributed by atoms with Crippen LogP contribution in [0.1, 0.15) is 27.6 Å². The number of carbonyl (C=O) groups excluding carboxylic acids is 1. The number of alkyl halides is 3. The van der Waals surface area contributed by atoms with Crippen LogP contribution in [0, 0.1) is 0 Å². The van der Waals surface area contributed by atoms with Gasteiger partial charge in [-0.3, -0.25) is 4.79 Å². The van der Waals surface area contributed by atoms with E-state index in [0.717, 1.165) is 28.9 Å². The van der Waals surface area contributed by atoms with Gasteiger partial charge >= 0.3 is 6.36 Å². The topological polar surface area (TPSA) is 38.8 Å². The summed E-state index contributed by atoms with van der Waals surface area (Å²) in [6, 6.07) is 14.6. The monoisotopic (exact) mass is 459 g/mol. The van der Waals surface area contributed by atoms with Gasteiger partial charge in [0.05, 0.1) is 13.2 Å². The molecule has 1 amide bonds. The number of hydrogen-bond acceptors (Lipinski definition) is 4. The zero-order chi connectivity index (χ0) is 22.7. The lowest BCUT2D eigenvalue weighted by molar-refractivity contribution is -0.274. The van der Waals surface area contributed by atoms with E-state index in [1.807, 2.05) is 35.7 Å². The van der Waals surface area contributed by atoms with E-state index in [0.29, 0.717) is 6.54 Å². The van der Waals surface area contributed by atoms with E-state index in [9.17, 15) is 18.0 Å². The molecule has 0 bridgehead atoms. The summed E-state index contributed by atoms with van der Waals surface area (Å²) in [6.07, 6.45) is -0.752. The van der Waals surface area contributed by atoms with Gasteiger partial charge in [0.2, 0.25) is 5.91 Å². The quantitative estimate of drug-likeness (QED) is 0.450. The van der Waals surface area contributed by atoms with Crippen molar-refractivity contribution in [1.82, 2.24) is 4.90 Å². The number of ether oxygens (including phenoxy) is 2. The Labute approximate surface area is 187 Å². The SMILES string of the molecule is COc1ccc(C=CC(=O)N2CCc3sccc3C2c2ccc(OC(F)(F)F)cc2)cc1. The third-order valence-electron chi connectivity index (χ3n) is 5.21. The first-order valence-electron chi connectivity index (χ1n) is 9.89. The zero-order valence-corrected chi connectivity index (χ0v) is 18.0. The highest BCUT2D eigenvalue weighted by Gasteiger charge is 2.33. The molecule has 4 rings (SSSR count). The Morgan fingerprint density at radius 1 is 1.06 bits per heavy atom. The van der Waals surface area contributed by atoms with E-state index in [4.69, 9.17) is 4.74 Å². The average molecular weight is 459 g/mol. The van der Waals surface area contributed by atoms with Crippen molar-refractivity contribution in [2.45, 2.75) is 18.8 Å². The summed E-state index contributed by atoms with van der Waals surface area (Å²) < 4.78 is 46.6. The molecule has 0 saturated heterocycles. The highest BCUT2D eigenvalue weighted by Crippen LogP contribution is 2.38. The van der Waals surface area contributed by atoms with Crippen molar-refractivity contribution in [2.75, 3.05) is 13.7 Å². The van der Waals surface area contributed by atoms with Crippen LogP contribution in [0.5, 0.6) is 11.5 Å². The Morgan fingerprint density at radius 3 is 2.41 bits per heavy atom. The summed E-state index contributed by atoms with van der Waals surface area (Å²) in [5.74, 6) is 0.269. The van der Waals surface area contributed by atoms with Gasteiger partial charge < -0.3 is 14.4 Å². The van der Waals surface area contributed by atoms with Gasteiger partial charge in [0.15, 0.2) is 0 Å². The minimum atomic E-state index is -4.75. The molecule has 8 heteroatoms. The Bertz CT molecular complexity index is 1100. The molecular weight excluding hydrogens is 439 g/mol. The number of methoxy groups -OCH3 is 1. The van der Waals surface area contributed by atoms with Crippen LogP contribution < -0.4 is 9.47 Å². The van der Waals surface area contributed by atoms with Gasteiger partial charge in [-0.2, -0.15) is 0 Å². The Balaban J connectivity index is 1.59. The van der Waals surface area contributed by atoms with Crippen molar-refractivity contribution in [3.05, 3.63) is 87.6 Å². The fraction of sp³-hybridized carbons (Fsp3) is 0.208. The molecule has 1 atom stereocenters. The van der Waals surface area contributed by atoms with E-state index in [2.05, 4.69) is 4.74 Å². The van der Waals surface area contributed by atoms with Crippen LogP contribution in [-0.4, -0.2) is 30.8 Å². The summed E-state index contributed by atoms with van der Waals surface area (Å²) in [5, 5.41) is 1.97. The molecule has 4 nitrogen and oxygen atoms in total. The number of nitrogens with zero attached hydrogens (tertiary/aromatic N) is 1. The van der Waals surface area contributed by atoms with Crippen LogP contribution in [-0.2, 0) is 11.2 Å². The van der Waals surface area contributed by atoms with Crippen molar-refractivity contribution in [3.63, 3.8) is 0 Å². The number of halogens is 3. The van der Waals surface area contributed by atoms with E-state index < -0.39 is 6.36 Å². The summed E-state index contributed by atoms with van der Waals surface area (Å²) in [6.45, 7) is 0.519. The molecular formula is C24H20F3NO3S. The van der Waals surface area contributed by atoms with Crippen molar-refractivity contribution in [1.29, 1.82) is 0 Å². The van der Waals surface area contributed by atoms with Crippen molar-refractivity contribution >= 4 is 23.3 Å². The number of amides is 1. The highest BCUT2D eigenvalue weighted by molar-refractivity contribution is 7.10. The van der Waals surface area contributed by atoms with Gasteiger partial charge in [-0.1, -0.05) is 24.3 Å². The molecule has 2 aromatic carbocycles. The minimum absolute atomic E-state index is 0.168. The maximum atomic E-state index is 13.1. The molecule has 0 spiro atoms. The number of benzene rings is 2. The van der Waals surface area contributed by atoms with Gasteiger partial charge in [-0.15, -0.1) is 24.5 Å². The second kappa shape index (κ2) is 9.08. The summed E-state index contributed by atoms with van der Waals surface area (Å²) in [5.41, 5.74) is 2.58. The molecule has 3 aromatic rings. The molecule has 2 heterocycles. The average Bonchev–Trinajstić information content (AvgIpc) is 3.25. The lowest BCUT2D eigenvalue weighted by Crippen LogP contribution is -2.39. The summed E-state index contributed by atoms with van der Waals surface area (Å²) in [4.78, 5) is 16.0. The van der Waals surface area contributed by atoms with Crippen LogP contribution in [0.4, 0.5) is 13.2 Å². The zero-order valence-electron chi connectivity index (χ0n) is 17.1. The molecule has 32 heavy (non-hydrogen) atoms. The van der Waals surface area contributed by atoms with Crippen LogP contribution in [0.15, 0.2) is 66.1 Å². The van der Waals surface area contributed by atoms with E-state index in [1.54, 1.807) is 41.6 Å². The molecule has 1 aromatic heterocycles. The van der Waals surface area contributed by atoms with E-state index in [1.165, 1.54) is 23.1 Å². The molecule has 1 aliphatic heterocycles. The first kappa shape index (κ1) is 22.0. The molecule has 0 aliphatic carbocycles. The summed E-state index contributed by atoms with van der Waals surface area (Å²) in [7, 11) is 1.59. The molecule has 0 fully saturated rings. The molecule has 0 N–H and O–H groups in total. The van der Waals surface area contributed by atoms with Crippen LogP contribution in [0.25, 0.3) is 6.08 Å². The second-order valence-electron chi connectivity index (χ2n) is 7.21. The smallest absolute Gasteiger partial charge is 0.497 e. The van der Waals surface area contributed by atoms with Crippen LogP contribution >= 0.6 is 11.3 Å². The Morgan fingerprint density at radius 2 is 1.75 bits per heavy atom. The van der Waals surface area contributed by atoms with Crippen LogP contribution in [0.2, 0.25) is 0 Å². The third-order valence-corrected chi connectivity index (χ3v) is 6.21. The standard InChI is InChI=1S/C24H20F3NO3S/c1-30-18-7-2-16(3-8-18)4-11-22(29)28-14-12-21-20(13-15-32-21)23(28)17-5-9-19(10-6-17)31-24(25,26)27/h2-11,13,15,23H,12,14H2,1H3. The number of thiophene rings is 1. The molecule has 0 saturated carbocycles. The maximum Gasteiger partial charge on any atom is 0.573 e. The normalized spacial score (nSPS) is 16.1. The molecule has 166 valence electrons. The van der Waals surface area contributed by atoms with E-state index >= 15 is 0 Å². The van der Waals surface area contributed by atoms with Gasteiger partial charge in [0.25, 0.3) is 0 Å². The third kappa shape index (κ3) is 4.96. The number of rotatable bonds is 5. The van der Waals surface area contributed by atoms with Crippen LogP contribution in [0.3, 0.4) is 0 Å². The summed E-state index contributed by atoms with van der Waals surface area (Å²) >= 11 is 1.62. The molecule has 0 radical (unpaired) electrons. The Hall–Kier alpha value is -3.26. The Kier molecular flexibility index (Phi) is 6.23. The van der Waals surface area contributed by atoms with E-state index in [-0.39, 0.29) is 17.7 Å². The predicted octanol–water partition coefficient (Wildman–Crippen LogP) is 5.84. The van der Waals surface area contributed by atoms with Crippen molar-refractivity contribution in [3.8, 4) is 11.5 Å². The largest absolute Gasteiger partial charge is 0.573 e. The van der Waals surface area contributed by atoms with Crippen molar-refractivity contribution in [2.24, 2.45) is 0 Å². The first-order valence-corrected chi connectivity index (χ1v) is 10.8. The lowest BCUT2D eigenvalue weighted by atomic mass is 9.93. The fourth-order valence-corrected chi connectivity index (χ4v) is 4.65. The predicted molar refractivity (Wildman–Crippen MR) is 117 cm³/mol.